The average molecular weight is 688 g/mol. The fraction of sp³-hybridized carbons (Fsp3) is 0.364. The summed E-state index contributed by atoms with van der Waals surface area (Å²) in [7, 11) is 0. The van der Waals surface area contributed by atoms with Gasteiger partial charge in [0.15, 0.2) is 0 Å². The number of benzene rings is 3. The molecule has 3 aromatic carbocycles. The van der Waals surface area contributed by atoms with Gasteiger partial charge in [0.2, 0.25) is 0 Å². The van der Waals surface area contributed by atoms with Crippen LogP contribution in [0.25, 0.3) is 5.70 Å². The van der Waals surface area contributed by atoms with Crippen molar-refractivity contribution in [1.82, 2.24) is 5.01 Å². The first-order valence-corrected chi connectivity index (χ1v) is 18.7. The fourth-order valence-corrected chi connectivity index (χ4v) is 8.52. The van der Waals surface area contributed by atoms with E-state index in [4.69, 9.17) is 23.2 Å². The van der Waals surface area contributed by atoms with Crippen LogP contribution >= 0.6 is 11.6 Å². The number of anilines is 2. The van der Waals surface area contributed by atoms with Gasteiger partial charge in [-0.2, -0.15) is 0 Å². The van der Waals surface area contributed by atoms with Gasteiger partial charge in [0.05, 0.1) is 17.4 Å². The summed E-state index contributed by atoms with van der Waals surface area (Å²) in [4.78, 5) is 5.08. The number of halogens is 1. The first-order valence-electron chi connectivity index (χ1n) is 18.3. The van der Waals surface area contributed by atoms with Crippen molar-refractivity contribution in [3.05, 3.63) is 148 Å². The Bertz CT molecular complexity index is 1880. The van der Waals surface area contributed by atoms with E-state index in [1.54, 1.807) is 5.01 Å². The van der Waals surface area contributed by atoms with E-state index < -0.39 is 0 Å². The highest BCUT2D eigenvalue weighted by Gasteiger charge is 2.43. The summed E-state index contributed by atoms with van der Waals surface area (Å²) in [6, 6.07) is 25.6. The predicted octanol–water partition coefficient (Wildman–Crippen LogP) is 10.4. The number of hydrogen-bond acceptors (Lipinski definition) is 5. The van der Waals surface area contributed by atoms with Crippen LogP contribution in [0.2, 0.25) is 5.02 Å². The SMILES string of the molecule is CCCN1/C(=C/C=C2\CCCC(/C=C/C3N(CCC)c4ccccc4C3(C)C)=C2N(N)/C=C(\N)c2cccc(Cl)c2)C(C)(C)c2ccccc21. The Labute approximate surface area is 305 Å². The molecule has 50 heavy (non-hydrogen) atoms. The molecule has 5 nitrogen and oxygen atoms in total. The van der Waals surface area contributed by atoms with E-state index in [0.29, 0.717) is 10.7 Å². The number of hydrazine groups is 1. The van der Waals surface area contributed by atoms with Crippen molar-refractivity contribution in [3.8, 4) is 0 Å². The lowest BCUT2D eigenvalue weighted by molar-refractivity contribution is 0.470. The van der Waals surface area contributed by atoms with Gasteiger partial charge in [0, 0.05) is 57.8 Å². The summed E-state index contributed by atoms with van der Waals surface area (Å²) in [5.74, 6) is 7.04. The second-order valence-corrected chi connectivity index (χ2v) is 15.4. The lowest BCUT2D eigenvalue weighted by Gasteiger charge is -2.33. The summed E-state index contributed by atoms with van der Waals surface area (Å²) < 4.78 is 0. The van der Waals surface area contributed by atoms with Gasteiger partial charge in [0.25, 0.3) is 0 Å². The maximum atomic E-state index is 7.04. The first kappa shape index (κ1) is 35.6. The molecular weight excluding hydrogens is 634 g/mol. The van der Waals surface area contributed by atoms with Gasteiger partial charge in [0.1, 0.15) is 0 Å². The highest BCUT2D eigenvalue weighted by atomic mass is 35.5. The molecule has 2 heterocycles. The third kappa shape index (κ3) is 6.66. The van der Waals surface area contributed by atoms with Crippen LogP contribution in [0.5, 0.6) is 0 Å². The standard InChI is InChI=1S/C44H54ClN5/c1-7-27-48-38-21-11-9-19-35(38)43(3,4)40(48)25-23-31-15-13-16-32(42(31)50(47)30-37(46)33-17-14-18-34(45)29-33)24-26-41-44(5,6)36-20-10-12-22-39(36)49(41)28-8-2/h9-12,14,17-26,29-30,40H,7-8,13,15-16,27-28,46-47H2,1-6H3/b25-23+,32-24+,37-30-,41-26+. The zero-order valence-corrected chi connectivity index (χ0v) is 31.5. The van der Waals surface area contributed by atoms with Crippen molar-refractivity contribution < 1.29 is 0 Å². The molecule has 6 rings (SSSR count). The number of nitrogens with zero attached hydrogens (tertiary/aromatic N) is 3. The summed E-state index contributed by atoms with van der Waals surface area (Å²) in [5, 5.41) is 2.39. The Balaban J connectivity index is 1.45. The van der Waals surface area contributed by atoms with Crippen molar-refractivity contribution in [1.29, 1.82) is 0 Å². The molecule has 4 N–H and O–H groups in total. The molecule has 1 atom stereocenters. The van der Waals surface area contributed by atoms with Crippen molar-refractivity contribution in [2.75, 3.05) is 22.9 Å². The van der Waals surface area contributed by atoms with Crippen LogP contribution in [-0.2, 0) is 10.8 Å². The molecule has 0 spiro atoms. The lowest BCUT2D eigenvalue weighted by atomic mass is 9.80. The van der Waals surface area contributed by atoms with Gasteiger partial charge in [-0.25, -0.2) is 5.84 Å². The minimum absolute atomic E-state index is 0.0359. The van der Waals surface area contributed by atoms with Crippen molar-refractivity contribution in [2.24, 2.45) is 11.6 Å². The topological polar surface area (TPSA) is 61.8 Å². The zero-order valence-electron chi connectivity index (χ0n) is 30.7. The van der Waals surface area contributed by atoms with Crippen molar-refractivity contribution in [3.63, 3.8) is 0 Å². The number of fused-ring (bicyclic) bond motifs is 2. The summed E-state index contributed by atoms with van der Waals surface area (Å²) in [6.45, 7) is 15.9. The number of nitrogens with two attached hydrogens (primary N) is 2. The Kier molecular flexibility index (Phi) is 10.4. The van der Waals surface area contributed by atoms with Crippen LogP contribution in [0.1, 0.15) is 90.3 Å². The average Bonchev–Trinajstić information content (AvgIpc) is 3.44. The maximum absolute atomic E-state index is 7.04. The number of rotatable bonds is 10. The predicted molar refractivity (Wildman–Crippen MR) is 214 cm³/mol. The summed E-state index contributed by atoms with van der Waals surface area (Å²) in [6.07, 6.45) is 16.3. The molecule has 0 fully saturated rings. The minimum atomic E-state index is -0.116. The number of hydrogen-bond donors (Lipinski definition) is 2. The van der Waals surface area contributed by atoms with Gasteiger partial charge in [-0.3, -0.25) is 5.01 Å². The van der Waals surface area contributed by atoms with Crippen LogP contribution in [0.4, 0.5) is 11.4 Å². The summed E-state index contributed by atoms with van der Waals surface area (Å²) >= 11 is 6.34. The van der Waals surface area contributed by atoms with E-state index in [0.717, 1.165) is 56.5 Å². The smallest absolute Gasteiger partial charge is 0.0632 e. The zero-order chi connectivity index (χ0) is 35.6. The van der Waals surface area contributed by atoms with E-state index in [-0.39, 0.29) is 16.9 Å². The molecule has 0 radical (unpaired) electrons. The number of para-hydroxylation sites is 2. The Morgan fingerprint density at radius 1 is 0.880 bits per heavy atom. The molecule has 0 saturated carbocycles. The summed E-state index contributed by atoms with van der Waals surface area (Å²) in [5.41, 5.74) is 18.1. The van der Waals surface area contributed by atoms with Gasteiger partial charge in [-0.1, -0.05) is 120 Å². The van der Waals surface area contributed by atoms with Gasteiger partial charge in [-0.15, -0.1) is 0 Å². The molecule has 6 heteroatoms. The molecule has 262 valence electrons. The molecule has 0 amide bonds. The minimum Gasteiger partial charge on any atom is -0.397 e. The van der Waals surface area contributed by atoms with Crippen LogP contribution in [0.15, 0.2) is 126 Å². The third-order valence-electron chi connectivity index (χ3n) is 10.8. The molecule has 0 bridgehead atoms. The first-order chi connectivity index (χ1) is 24.0. The molecular formula is C44H54ClN5. The van der Waals surface area contributed by atoms with E-state index >= 15 is 0 Å². The second kappa shape index (κ2) is 14.6. The molecule has 2 aliphatic heterocycles. The van der Waals surface area contributed by atoms with E-state index in [9.17, 15) is 0 Å². The molecule has 1 unspecified atom stereocenters. The number of allylic oxidation sites excluding steroid dienone is 6. The highest BCUT2D eigenvalue weighted by Crippen LogP contribution is 2.48. The Hall–Kier alpha value is -4.19. The Morgan fingerprint density at radius 2 is 1.58 bits per heavy atom. The van der Waals surface area contributed by atoms with E-state index in [1.165, 1.54) is 39.3 Å². The quantitative estimate of drug-likeness (QED) is 0.164. The fourth-order valence-electron chi connectivity index (χ4n) is 8.33. The second-order valence-electron chi connectivity index (χ2n) is 15.0. The largest absolute Gasteiger partial charge is 0.397 e. The van der Waals surface area contributed by atoms with Gasteiger partial charge in [-0.05, 0) is 84.7 Å². The van der Waals surface area contributed by atoms with Crippen molar-refractivity contribution in [2.45, 2.75) is 90.5 Å². The molecule has 0 aromatic heterocycles. The van der Waals surface area contributed by atoms with Gasteiger partial charge >= 0.3 is 0 Å². The molecule has 3 aromatic rings. The normalized spacial score (nSPS) is 21.4. The Morgan fingerprint density at radius 3 is 2.30 bits per heavy atom. The van der Waals surface area contributed by atoms with Crippen LogP contribution in [0.3, 0.4) is 0 Å². The van der Waals surface area contributed by atoms with Crippen LogP contribution in [-0.4, -0.2) is 24.1 Å². The molecule has 0 saturated heterocycles. The highest BCUT2D eigenvalue weighted by molar-refractivity contribution is 6.30. The van der Waals surface area contributed by atoms with Gasteiger partial charge < -0.3 is 15.5 Å². The maximum Gasteiger partial charge on any atom is 0.0632 e. The van der Waals surface area contributed by atoms with E-state index in [1.807, 2.05) is 30.5 Å². The lowest BCUT2D eigenvalue weighted by Crippen LogP contribution is -2.40. The monoisotopic (exact) mass is 687 g/mol. The third-order valence-corrected chi connectivity index (χ3v) is 11.0. The van der Waals surface area contributed by atoms with Crippen LogP contribution < -0.4 is 21.4 Å². The van der Waals surface area contributed by atoms with Crippen LogP contribution in [0, 0.1) is 0 Å². The van der Waals surface area contributed by atoms with E-state index in [2.05, 4.69) is 124 Å². The molecule has 1 aliphatic carbocycles. The van der Waals surface area contributed by atoms with Crippen molar-refractivity contribution >= 4 is 28.7 Å². The molecule has 3 aliphatic rings.